The zero-order valence-electron chi connectivity index (χ0n) is 11.8. The molecule has 0 bridgehead atoms. The number of hydrogen-bond acceptors (Lipinski definition) is 5. The second-order valence-electron chi connectivity index (χ2n) is 4.81. The normalized spacial score (nSPS) is 17.5. The molecule has 1 aromatic carbocycles. The van der Waals surface area contributed by atoms with E-state index in [9.17, 15) is 14.4 Å². The third-order valence-corrected chi connectivity index (χ3v) is 4.23. The number of carbonyl (C=O) groups excluding carboxylic acids is 3. The Hall–Kier alpha value is -2.09. The van der Waals surface area contributed by atoms with E-state index in [0.29, 0.717) is 34.7 Å². The van der Waals surface area contributed by atoms with E-state index >= 15 is 0 Å². The van der Waals surface area contributed by atoms with Crippen molar-refractivity contribution < 1.29 is 23.9 Å². The van der Waals surface area contributed by atoms with E-state index in [2.05, 4.69) is 15.9 Å². The van der Waals surface area contributed by atoms with Crippen molar-refractivity contribution in [2.24, 2.45) is 0 Å². The maximum atomic E-state index is 12.1. The number of halogens is 1. The molecule has 0 unspecified atom stereocenters. The molecule has 7 nitrogen and oxygen atoms in total. The lowest BCUT2D eigenvalue weighted by molar-refractivity contribution is -0.143. The fourth-order valence-corrected chi connectivity index (χ4v) is 2.81. The predicted molar refractivity (Wildman–Crippen MR) is 78.5 cm³/mol. The highest BCUT2D eigenvalue weighted by molar-refractivity contribution is 9.10. The number of imide groups is 2. The minimum absolute atomic E-state index is 0.00285. The summed E-state index contributed by atoms with van der Waals surface area (Å²) in [6.45, 7) is 2.73. The smallest absolute Gasteiger partial charge is 0.334 e. The molecule has 0 atom stereocenters. The first-order chi connectivity index (χ1) is 10.5. The van der Waals surface area contributed by atoms with Crippen LogP contribution in [-0.4, -0.2) is 47.4 Å². The van der Waals surface area contributed by atoms with Gasteiger partial charge in [-0.2, -0.15) is 0 Å². The van der Waals surface area contributed by atoms with Gasteiger partial charge in [0.1, 0.15) is 13.2 Å². The zero-order valence-corrected chi connectivity index (χ0v) is 13.4. The summed E-state index contributed by atoms with van der Waals surface area (Å²) in [5.41, 5.74) is 0.664. The lowest BCUT2D eigenvalue weighted by Gasteiger charge is -2.21. The Morgan fingerprint density at radius 3 is 2.23 bits per heavy atom. The number of ether oxygens (including phenoxy) is 2. The van der Waals surface area contributed by atoms with E-state index in [-0.39, 0.29) is 13.1 Å². The summed E-state index contributed by atoms with van der Waals surface area (Å²) in [4.78, 5) is 37.6. The minimum atomic E-state index is -0.811. The molecular weight excluding hydrogens is 356 g/mol. The third kappa shape index (κ3) is 2.33. The quantitative estimate of drug-likeness (QED) is 0.597. The average molecular weight is 369 g/mol. The summed E-state index contributed by atoms with van der Waals surface area (Å²) in [7, 11) is 0. The van der Waals surface area contributed by atoms with Crippen LogP contribution in [0, 0.1) is 0 Å². The van der Waals surface area contributed by atoms with E-state index in [4.69, 9.17) is 9.47 Å². The molecule has 2 aliphatic rings. The van der Waals surface area contributed by atoms with Gasteiger partial charge in [-0.3, -0.25) is 19.4 Å². The number of nitrogens with zero attached hydrogens (tertiary/aromatic N) is 2. The molecular formula is C14H13BrN2O5. The van der Waals surface area contributed by atoms with Gasteiger partial charge in [0.2, 0.25) is 0 Å². The molecule has 0 radical (unpaired) electrons. The van der Waals surface area contributed by atoms with Crippen LogP contribution in [0.3, 0.4) is 0 Å². The highest BCUT2D eigenvalue weighted by atomic mass is 79.9. The van der Waals surface area contributed by atoms with Gasteiger partial charge < -0.3 is 9.47 Å². The average Bonchev–Trinajstić information content (AvgIpc) is 2.71. The number of urea groups is 1. The Balaban J connectivity index is 1.89. The standard InChI is InChI=1S/C14H13BrN2O5/c1-2-16-12(18)13(19)17(14(16)20)7-8-5-10-11(6-9(8)15)22-4-3-21-10/h5-6H,2-4,7H2,1H3. The fraction of sp³-hybridized carbons (Fsp3) is 0.357. The molecule has 8 heteroatoms. The molecule has 0 aromatic heterocycles. The summed E-state index contributed by atoms with van der Waals surface area (Å²) < 4.78 is 11.6. The van der Waals surface area contributed by atoms with E-state index < -0.39 is 17.8 Å². The van der Waals surface area contributed by atoms with Crippen molar-refractivity contribution in [1.82, 2.24) is 9.80 Å². The van der Waals surface area contributed by atoms with Crippen LogP contribution in [0.25, 0.3) is 0 Å². The molecule has 1 aromatic rings. The Kier molecular flexibility index (Phi) is 3.78. The minimum Gasteiger partial charge on any atom is -0.486 e. The van der Waals surface area contributed by atoms with Gasteiger partial charge >= 0.3 is 17.8 Å². The number of likely N-dealkylation sites (N-methyl/N-ethyl adjacent to an activating group) is 1. The summed E-state index contributed by atoms with van der Waals surface area (Å²) in [5.74, 6) is -0.441. The molecule has 0 N–H and O–H groups in total. The zero-order chi connectivity index (χ0) is 15.9. The van der Waals surface area contributed by atoms with Gasteiger partial charge in [-0.15, -0.1) is 0 Å². The number of fused-ring (bicyclic) bond motifs is 1. The maximum Gasteiger partial charge on any atom is 0.334 e. The van der Waals surface area contributed by atoms with Crippen molar-refractivity contribution in [3.8, 4) is 11.5 Å². The van der Waals surface area contributed by atoms with Crippen molar-refractivity contribution in [3.05, 3.63) is 22.2 Å². The van der Waals surface area contributed by atoms with Crippen molar-refractivity contribution in [1.29, 1.82) is 0 Å². The third-order valence-electron chi connectivity index (χ3n) is 3.49. The van der Waals surface area contributed by atoms with Crippen LogP contribution in [-0.2, 0) is 16.1 Å². The first-order valence-corrected chi connectivity index (χ1v) is 7.57. The maximum absolute atomic E-state index is 12.1. The Labute approximate surface area is 134 Å². The largest absolute Gasteiger partial charge is 0.486 e. The number of rotatable bonds is 3. The van der Waals surface area contributed by atoms with E-state index in [1.165, 1.54) is 0 Å². The van der Waals surface area contributed by atoms with Gasteiger partial charge in [0.25, 0.3) is 0 Å². The molecule has 0 aliphatic carbocycles. The van der Waals surface area contributed by atoms with E-state index in [1.54, 1.807) is 19.1 Å². The van der Waals surface area contributed by atoms with Crippen LogP contribution in [0.2, 0.25) is 0 Å². The highest BCUT2D eigenvalue weighted by Crippen LogP contribution is 2.36. The van der Waals surface area contributed by atoms with E-state index in [1.807, 2.05) is 0 Å². The number of amides is 4. The van der Waals surface area contributed by atoms with Crippen molar-refractivity contribution >= 4 is 33.8 Å². The second kappa shape index (κ2) is 5.60. The Bertz CT molecular complexity index is 675. The first kappa shape index (κ1) is 14.8. The molecule has 4 amide bonds. The van der Waals surface area contributed by atoms with Crippen LogP contribution in [0.1, 0.15) is 12.5 Å². The van der Waals surface area contributed by atoms with Crippen LogP contribution in [0.4, 0.5) is 4.79 Å². The molecule has 0 saturated carbocycles. The molecule has 116 valence electrons. The lowest BCUT2D eigenvalue weighted by atomic mass is 10.2. The van der Waals surface area contributed by atoms with E-state index in [0.717, 1.165) is 9.80 Å². The second-order valence-corrected chi connectivity index (χ2v) is 5.66. The Morgan fingerprint density at radius 2 is 1.64 bits per heavy atom. The highest BCUT2D eigenvalue weighted by Gasteiger charge is 2.43. The summed E-state index contributed by atoms with van der Waals surface area (Å²) in [6, 6.07) is 2.84. The van der Waals surface area contributed by atoms with Crippen LogP contribution >= 0.6 is 15.9 Å². The van der Waals surface area contributed by atoms with Gasteiger partial charge in [-0.05, 0) is 24.6 Å². The van der Waals surface area contributed by atoms with Crippen molar-refractivity contribution in [2.45, 2.75) is 13.5 Å². The number of carbonyl (C=O) groups is 3. The van der Waals surface area contributed by atoms with Gasteiger partial charge in [-0.1, -0.05) is 15.9 Å². The Morgan fingerprint density at radius 1 is 1.05 bits per heavy atom. The van der Waals surface area contributed by atoms with Gasteiger partial charge in [-0.25, -0.2) is 4.79 Å². The summed E-state index contributed by atoms with van der Waals surface area (Å²) in [5, 5.41) is 0. The van der Waals surface area contributed by atoms with Crippen LogP contribution in [0.15, 0.2) is 16.6 Å². The summed E-state index contributed by atoms with van der Waals surface area (Å²) >= 11 is 3.39. The van der Waals surface area contributed by atoms with Gasteiger partial charge in [0.05, 0.1) is 6.54 Å². The predicted octanol–water partition coefficient (Wildman–Crippen LogP) is 1.53. The van der Waals surface area contributed by atoms with Gasteiger partial charge in [0.15, 0.2) is 11.5 Å². The number of benzene rings is 1. The lowest BCUT2D eigenvalue weighted by Crippen LogP contribution is -2.33. The van der Waals surface area contributed by atoms with Crippen molar-refractivity contribution in [3.63, 3.8) is 0 Å². The van der Waals surface area contributed by atoms with Crippen molar-refractivity contribution in [2.75, 3.05) is 19.8 Å². The van der Waals surface area contributed by atoms with Gasteiger partial charge in [0, 0.05) is 11.0 Å². The molecule has 22 heavy (non-hydrogen) atoms. The molecule has 1 saturated heterocycles. The summed E-state index contributed by atoms with van der Waals surface area (Å²) in [6.07, 6.45) is 0. The molecule has 2 aliphatic heterocycles. The SMILES string of the molecule is CCN1C(=O)C(=O)N(Cc2cc3c(cc2Br)OCCO3)C1=O. The number of hydrogen-bond donors (Lipinski definition) is 0. The monoisotopic (exact) mass is 368 g/mol. The molecule has 0 spiro atoms. The fourth-order valence-electron chi connectivity index (χ4n) is 2.37. The van der Waals surface area contributed by atoms with Crippen LogP contribution in [0.5, 0.6) is 11.5 Å². The first-order valence-electron chi connectivity index (χ1n) is 6.78. The molecule has 1 fully saturated rings. The molecule has 2 heterocycles. The molecule has 3 rings (SSSR count). The van der Waals surface area contributed by atoms with Crippen LogP contribution < -0.4 is 9.47 Å². The topological polar surface area (TPSA) is 76.2 Å².